The zero-order valence-corrected chi connectivity index (χ0v) is 20.3. The van der Waals surface area contributed by atoms with E-state index < -0.39 is 0 Å². The molecule has 1 aliphatic heterocycles. The van der Waals surface area contributed by atoms with Crippen molar-refractivity contribution < 1.29 is 19.0 Å². The standard InChI is InChI=1S/C26H30N2O4S/c1-17-18(2)33-26(27-25(29)19-8-6-5-7-9-19)23(17)24(28-12-14-32-15-13-28)20-10-11-21(30-3)22(16-20)31-4/h5-11,16,24H,12-15H2,1-4H3,(H,27,29)/t24-/m0/s1. The molecule has 0 bridgehead atoms. The van der Waals surface area contributed by atoms with Crippen molar-refractivity contribution in [2.45, 2.75) is 19.9 Å². The molecule has 33 heavy (non-hydrogen) atoms. The van der Waals surface area contributed by atoms with Gasteiger partial charge < -0.3 is 19.5 Å². The number of carbonyl (C=O) groups is 1. The largest absolute Gasteiger partial charge is 0.493 e. The van der Waals surface area contributed by atoms with Crippen molar-refractivity contribution in [2.24, 2.45) is 0 Å². The molecule has 1 aromatic heterocycles. The number of methoxy groups -OCH3 is 2. The minimum absolute atomic E-state index is 0.0512. The molecule has 1 aliphatic rings. The fourth-order valence-electron chi connectivity index (χ4n) is 4.25. The quantitative estimate of drug-likeness (QED) is 0.528. The van der Waals surface area contributed by atoms with E-state index in [1.165, 1.54) is 10.4 Å². The lowest BCUT2D eigenvalue weighted by Crippen LogP contribution is -2.40. The molecule has 1 fully saturated rings. The Hall–Kier alpha value is -2.87. The summed E-state index contributed by atoms with van der Waals surface area (Å²) >= 11 is 1.62. The van der Waals surface area contributed by atoms with Crippen molar-refractivity contribution in [1.29, 1.82) is 0 Å². The first-order chi connectivity index (χ1) is 16.0. The average molecular weight is 467 g/mol. The number of benzene rings is 2. The smallest absolute Gasteiger partial charge is 0.256 e. The Morgan fingerprint density at radius 1 is 1.03 bits per heavy atom. The van der Waals surface area contributed by atoms with Gasteiger partial charge in [-0.2, -0.15) is 0 Å². The molecular formula is C26H30N2O4S. The number of morpholine rings is 1. The molecule has 0 radical (unpaired) electrons. The van der Waals surface area contributed by atoms with E-state index >= 15 is 0 Å². The predicted molar refractivity (Wildman–Crippen MR) is 132 cm³/mol. The van der Waals surface area contributed by atoms with Crippen molar-refractivity contribution in [3.63, 3.8) is 0 Å². The summed E-state index contributed by atoms with van der Waals surface area (Å²) < 4.78 is 16.7. The minimum Gasteiger partial charge on any atom is -0.493 e. The van der Waals surface area contributed by atoms with Gasteiger partial charge >= 0.3 is 0 Å². The van der Waals surface area contributed by atoms with Crippen LogP contribution in [0.4, 0.5) is 5.00 Å². The number of amides is 1. The number of nitrogens with zero attached hydrogens (tertiary/aromatic N) is 1. The van der Waals surface area contributed by atoms with Crippen LogP contribution in [-0.4, -0.2) is 51.3 Å². The molecule has 174 valence electrons. The van der Waals surface area contributed by atoms with Crippen LogP contribution in [0.5, 0.6) is 11.5 Å². The van der Waals surface area contributed by atoms with Crippen LogP contribution in [0.1, 0.15) is 38.0 Å². The Balaban J connectivity index is 1.80. The van der Waals surface area contributed by atoms with E-state index in [2.05, 4.69) is 30.1 Å². The number of hydrogen-bond acceptors (Lipinski definition) is 6. The maximum Gasteiger partial charge on any atom is 0.256 e. The van der Waals surface area contributed by atoms with Gasteiger partial charge in [-0.3, -0.25) is 9.69 Å². The van der Waals surface area contributed by atoms with Crippen molar-refractivity contribution in [2.75, 3.05) is 45.8 Å². The Labute approximate surface area is 199 Å². The Bertz CT molecular complexity index is 1110. The van der Waals surface area contributed by atoms with Gasteiger partial charge in [0.2, 0.25) is 0 Å². The monoisotopic (exact) mass is 466 g/mol. The van der Waals surface area contributed by atoms with Crippen molar-refractivity contribution >= 4 is 22.2 Å². The summed E-state index contributed by atoms with van der Waals surface area (Å²) in [5.41, 5.74) is 4.04. The van der Waals surface area contributed by atoms with Crippen LogP contribution in [0.3, 0.4) is 0 Å². The van der Waals surface area contributed by atoms with Gasteiger partial charge in [0.25, 0.3) is 5.91 Å². The molecule has 0 saturated carbocycles. The molecule has 2 aromatic carbocycles. The summed E-state index contributed by atoms with van der Waals surface area (Å²) in [4.78, 5) is 16.6. The molecule has 3 aromatic rings. The lowest BCUT2D eigenvalue weighted by Gasteiger charge is -2.36. The second kappa shape index (κ2) is 10.4. The van der Waals surface area contributed by atoms with Crippen LogP contribution in [-0.2, 0) is 4.74 Å². The Morgan fingerprint density at radius 3 is 2.39 bits per heavy atom. The third-order valence-corrected chi connectivity index (χ3v) is 7.24. The molecular weight excluding hydrogens is 436 g/mol. The molecule has 0 aliphatic carbocycles. The number of hydrogen-bond donors (Lipinski definition) is 1. The summed E-state index contributed by atoms with van der Waals surface area (Å²) in [6, 6.07) is 15.3. The van der Waals surface area contributed by atoms with Crippen LogP contribution < -0.4 is 14.8 Å². The molecule has 4 rings (SSSR count). The van der Waals surface area contributed by atoms with E-state index in [-0.39, 0.29) is 11.9 Å². The van der Waals surface area contributed by atoms with Crippen LogP contribution in [0, 0.1) is 13.8 Å². The highest BCUT2D eigenvalue weighted by Crippen LogP contribution is 2.44. The average Bonchev–Trinajstić information content (AvgIpc) is 3.13. The highest BCUT2D eigenvalue weighted by atomic mass is 32.1. The van der Waals surface area contributed by atoms with Crippen molar-refractivity contribution in [3.05, 3.63) is 75.7 Å². The molecule has 7 heteroatoms. The van der Waals surface area contributed by atoms with Gasteiger partial charge in [-0.15, -0.1) is 11.3 Å². The van der Waals surface area contributed by atoms with Crippen molar-refractivity contribution in [3.8, 4) is 11.5 Å². The minimum atomic E-state index is -0.105. The van der Waals surface area contributed by atoms with Gasteiger partial charge in [0.05, 0.1) is 33.5 Å². The summed E-state index contributed by atoms with van der Waals surface area (Å²) in [5.74, 6) is 1.27. The zero-order valence-electron chi connectivity index (χ0n) is 19.5. The van der Waals surface area contributed by atoms with Crippen LogP contribution in [0.15, 0.2) is 48.5 Å². The Kier molecular flexibility index (Phi) is 7.33. The highest BCUT2D eigenvalue weighted by molar-refractivity contribution is 7.16. The maximum atomic E-state index is 13.0. The van der Waals surface area contributed by atoms with Crippen LogP contribution in [0.25, 0.3) is 0 Å². The van der Waals surface area contributed by atoms with Crippen molar-refractivity contribution in [1.82, 2.24) is 4.90 Å². The number of ether oxygens (including phenoxy) is 3. The van der Waals surface area contributed by atoms with E-state index in [4.69, 9.17) is 14.2 Å². The van der Waals surface area contributed by atoms with Gasteiger partial charge in [-0.25, -0.2) is 0 Å². The SMILES string of the molecule is COc1ccc([C@@H](c2c(NC(=O)c3ccccc3)sc(C)c2C)N2CCOCC2)cc1OC. The summed E-state index contributed by atoms with van der Waals surface area (Å²) in [6.07, 6.45) is 0. The molecule has 6 nitrogen and oxygen atoms in total. The fourth-order valence-corrected chi connectivity index (χ4v) is 5.34. The van der Waals surface area contributed by atoms with E-state index in [0.29, 0.717) is 30.3 Å². The third-order valence-electron chi connectivity index (χ3n) is 6.10. The highest BCUT2D eigenvalue weighted by Gasteiger charge is 2.31. The lowest BCUT2D eigenvalue weighted by atomic mass is 9.94. The van der Waals surface area contributed by atoms with Gasteiger partial charge in [0.1, 0.15) is 5.00 Å². The van der Waals surface area contributed by atoms with Gasteiger partial charge in [0, 0.05) is 29.1 Å². The summed E-state index contributed by atoms with van der Waals surface area (Å²) in [6.45, 7) is 7.20. The first kappa shape index (κ1) is 23.3. The van der Waals surface area contributed by atoms with E-state index in [0.717, 1.165) is 29.2 Å². The predicted octanol–water partition coefficient (Wildman–Crippen LogP) is 5.06. The number of aryl methyl sites for hydroxylation is 1. The molecule has 1 N–H and O–H groups in total. The van der Waals surface area contributed by atoms with Gasteiger partial charge in [-0.05, 0) is 49.2 Å². The Morgan fingerprint density at radius 2 is 1.73 bits per heavy atom. The number of carbonyl (C=O) groups excluding carboxylic acids is 1. The second-order valence-electron chi connectivity index (χ2n) is 8.01. The number of thiophene rings is 1. The first-order valence-corrected chi connectivity index (χ1v) is 11.8. The topological polar surface area (TPSA) is 60.0 Å². The second-order valence-corrected chi connectivity index (χ2v) is 9.24. The van der Waals surface area contributed by atoms with E-state index in [1.807, 2.05) is 42.5 Å². The molecule has 0 spiro atoms. The maximum absolute atomic E-state index is 13.0. The van der Waals surface area contributed by atoms with Gasteiger partial charge in [0.15, 0.2) is 11.5 Å². The fraction of sp³-hybridized carbons (Fsp3) is 0.346. The van der Waals surface area contributed by atoms with Crippen LogP contribution in [0.2, 0.25) is 0 Å². The molecule has 1 amide bonds. The summed E-state index contributed by atoms with van der Waals surface area (Å²) in [5, 5.41) is 4.07. The van der Waals surface area contributed by atoms with E-state index in [9.17, 15) is 4.79 Å². The number of rotatable bonds is 7. The first-order valence-electron chi connectivity index (χ1n) is 11.0. The third kappa shape index (κ3) is 4.90. The molecule has 2 heterocycles. The molecule has 1 atom stereocenters. The van der Waals surface area contributed by atoms with Gasteiger partial charge in [-0.1, -0.05) is 24.3 Å². The number of anilines is 1. The number of nitrogens with one attached hydrogen (secondary N) is 1. The van der Waals surface area contributed by atoms with Crippen LogP contribution >= 0.6 is 11.3 Å². The molecule has 1 saturated heterocycles. The molecule has 0 unspecified atom stereocenters. The zero-order chi connectivity index (χ0) is 23.4. The lowest BCUT2D eigenvalue weighted by molar-refractivity contribution is 0.0240. The summed E-state index contributed by atoms with van der Waals surface area (Å²) in [7, 11) is 3.29. The van der Waals surface area contributed by atoms with E-state index in [1.54, 1.807) is 25.6 Å². The normalized spacial score (nSPS) is 15.2.